The van der Waals surface area contributed by atoms with Crippen molar-refractivity contribution in [3.63, 3.8) is 0 Å². The Morgan fingerprint density at radius 2 is 1.83 bits per heavy atom. The Labute approximate surface area is 207 Å². The second-order valence-electron chi connectivity index (χ2n) is 8.79. The van der Waals surface area contributed by atoms with E-state index in [9.17, 15) is 14.0 Å². The maximum atomic E-state index is 13.6. The van der Waals surface area contributed by atoms with Gasteiger partial charge in [-0.3, -0.25) is 9.59 Å². The Hall–Kier alpha value is -3.39. The van der Waals surface area contributed by atoms with Gasteiger partial charge in [-0.15, -0.1) is 11.3 Å². The van der Waals surface area contributed by atoms with Gasteiger partial charge < -0.3 is 19.3 Å². The molecule has 0 saturated heterocycles. The van der Waals surface area contributed by atoms with Crippen molar-refractivity contribution in [2.45, 2.75) is 31.3 Å². The molecule has 0 spiro atoms. The zero-order chi connectivity index (χ0) is 24.4. The molecule has 1 fully saturated rings. The van der Waals surface area contributed by atoms with E-state index in [2.05, 4.69) is 6.07 Å². The molecule has 8 heteroatoms. The van der Waals surface area contributed by atoms with Crippen LogP contribution in [-0.2, 0) is 11.2 Å². The Balaban J connectivity index is 1.35. The molecule has 0 unspecified atom stereocenters. The zero-order valence-corrected chi connectivity index (χ0v) is 20.3. The topological polar surface area (TPSA) is 59.1 Å². The fourth-order valence-electron chi connectivity index (χ4n) is 4.53. The molecule has 3 aromatic rings. The van der Waals surface area contributed by atoms with Crippen LogP contribution in [0.5, 0.6) is 11.5 Å². The number of carbonyl (C=O) groups is 2. The zero-order valence-electron chi connectivity index (χ0n) is 19.5. The van der Waals surface area contributed by atoms with E-state index in [4.69, 9.17) is 9.47 Å². The van der Waals surface area contributed by atoms with Gasteiger partial charge in [-0.2, -0.15) is 0 Å². The Morgan fingerprint density at radius 1 is 1.09 bits per heavy atom. The number of hydrogen-bond donors (Lipinski definition) is 0. The van der Waals surface area contributed by atoms with E-state index in [0.29, 0.717) is 23.6 Å². The summed E-state index contributed by atoms with van der Waals surface area (Å²) in [7, 11) is 1.60. The van der Waals surface area contributed by atoms with Gasteiger partial charge in [-0.25, -0.2) is 4.39 Å². The van der Waals surface area contributed by atoms with Crippen LogP contribution in [0.3, 0.4) is 0 Å². The molecular weight excluding hydrogens is 467 g/mol. The minimum absolute atomic E-state index is 0.00843. The van der Waals surface area contributed by atoms with E-state index >= 15 is 0 Å². The Bertz CT molecular complexity index is 1210. The van der Waals surface area contributed by atoms with E-state index < -0.39 is 5.82 Å². The molecule has 2 aromatic carbocycles. The number of benzene rings is 2. The minimum atomic E-state index is -0.395. The van der Waals surface area contributed by atoms with E-state index in [0.717, 1.165) is 24.8 Å². The highest BCUT2D eigenvalue weighted by Gasteiger charge is 2.38. The van der Waals surface area contributed by atoms with E-state index in [1.807, 2.05) is 34.5 Å². The van der Waals surface area contributed by atoms with Crippen molar-refractivity contribution in [1.29, 1.82) is 0 Å². The van der Waals surface area contributed by atoms with Crippen molar-refractivity contribution in [3.8, 4) is 11.5 Å². The molecule has 0 radical (unpaired) electrons. The largest absolute Gasteiger partial charge is 0.493 e. The first-order valence-corrected chi connectivity index (χ1v) is 12.6. The van der Waals surface area contributed by atoms with Gasteiger partial charge in [0.2, 0.25) is 5.91 Å². The summed E-state index contributed by atoms with van der Waals surface area (Å²) in [5.74, 6) is 0.509. The molecular formula is C27H27FN2O4S. The monoisotopic (exact) mass is 494 g/mol. The minimum Gasteiger partial charge on any atom is -0.493 e. The maximum Gasteiger partial charge on any atom is 0.254 e. The summed E-state index contributed by atoms with van der Waals surface area (Å²) in [6.07, 6.45) is 2.52. The number of ether oxygens (including phenoxy) is 2. The van der Waals surface area contributed by atoms with Crippen molar-refractivity contribution in [2.24, 2.45) is 0 Å². The van der Waals surface area contributed by atoms with Crippen molar-refractivity contribution >= 4 is 23.2 Å². The van der Waals surface area contributed by atoms with Crippen LogP contribution in [0, 0.1) is 5.82 Å². The smallest absolute Gasteiger partial charge is 0.254 e. The van der Waals surface area contributed by atoms with Crippen molar-refractivity contribution in [1.82, 2.24) is 9.80 Å². The van der Waals surface area contributed by atoms with Gasteiger partial charge in [-0.1, -0.05) is 12.1 Å². The van der Waals surface area contributed by atoms with Crippen LogP contribution in [0.1, 0.15) is 39.7 Å². The number of hydrogen-bond acceptors (Lipinski definition) is 5. The van der Waals surface area contributed by atoms with Gasteiger partial charge in [-0.05, 0) is 72.7 Å². The van der Waals surface area contributed by atoms with Gasteiger partial charge in [0.05, 0.1) is 13.2 Å². The molecule has 35 heavy (non-hydrogen) atoms. The van der Waals surface area contributed by atoms with Gasteiger partial charge in [0.15, 0.2) is 11.5 Å². The number of carbonyl (C=O) groups excluding carboxylic acids is 2. The number of halogens is 1. The number of methoxy groups -OCH3 is 1. The molecule has 182 valence electrons. The molecule has 2 heterocycles. The Morgan fingerprint density at radius 3 is 2.54 bits per heavy atom. The van der Waals surface area contributed by atoms with Crippen LogP contribution in [0.25, 0.3) is 0 Å². The van der Waals surface area contributed by atoms with Crippen LogP contribution in [-0.4, -0.2) is 54.5 Å². The summed E-state index contributed by atoms with van der Waals surface area (Å²) in [6.45, 7) is 0.840. The first kappa shape index (κ1) is 23.4. The van der Waals surface area contributed by atoms with E-state index in [1.165, 1.54) is 29.1 Å². The lowest BCUT2D eigenvalue weighted by atomic mass is 10.0. The fourth-order valence-corrected chi connectivity index (χ4v) is 5.46. The second kappa shape index (κ2) is 10.1. The lowest BCUT2D eigenvalue weighted by Gasteiger charge is -2.37. The van der Waals surface area contributed by atoms with Gasteiger partial charge in [0.1, 0.15) is 19.0 Å². The summed E-state index contributed by atoms with van der Waals surface area (Å²) < 4.78 is 24.9. The van der Waals surface area contributed by atoms with Gasteiger partial charge >= 0.3 is 0 Å². The third-order valence-electron chi connectivity index (χ3n) is 6.53. The molecule has 1 aromatic heterocycles. The van der Waals surface area contributed by atoms with Gasteiger partial charge in [0.25, 0.3) is 5.91 Å². The molecule has 5 rings (SSSR count). The molecule has 2 aliphatic rings. The number of para-hydroxylation sites is 2. The van der Waals surface area contributed by atoms with Crippen LogP contribution >= 0.6 is 11.3 Å². The standard InChI is InChI=1S/C27H27FN2O4S/c1-33-23-4-2-3-5-24(23)34-17-22-21-13-15-35-25(21)12-14-29(22)26(31)16-30(20-10-11-20)27(32)18-6-8-19(28)9-7-18/h2-9,13,15,20,22H,10-12,14,16-17H2,1H3/t22-/m0/s1. The number of rotatable bonds is 8. The number of nitrogens with zero attached hydrogens (tertiary/aromatic N) is 2. The summed E-state index contributed by atoms with van der Waals surface area (Å²) in [4.78, 5) is 31.5. The third-order valence-corrected chi connectivity index (χ3v) is 7.52. The van der Waals surface area contributed by atoms with Crippen LogP contribution in [0.15, 0.2) is 60.0 Å². The molecule has 1 aliphatic heterocycles. The summed E-state index contributed by atoms with van der Waals surface area (Å²) in [5, 5.41) is 2.04. The van der Waals surface area contributed by atoms with Gasteiger partial charge in [0, 0.05) is 23.0 Å². The highest BCUT2D eigenvalue weighted by molar-refractivity contribution is 7.10. The second-order valence-corrected chi connectivity index (χ2v) is 9.79. The lowest BCUT2D eigenvalue weighted by molar-refractivity contribution is -0.135. The maximum absolute atomic E-state index is 13.6. The summed E-state index contributed by atoms with van der Waals surface area (Å²) in [5.41, 5.74) is 1.48. The van der Waals surface area contributed by atoms with Crippen LogP contribution in [0.4, 0.5) is 4.39 Å². The molecule has 2 amide bonds. The van der Waals surface area contributed by atoms with E-state index in [1.54, 1.807) is 23.3 Å². The summed E-state index contributed by atoms with van der Waals surface area (Å²) >= 11 is 1.69. The Kier molecular flexibility index (Phi) is 6.72. The molecule has 1 saturated carbocycles. The first-order valence-electron chi connectivity index (χ1n) is 11.7. The molecule has 0 N–H and O–H groups in total. The molecule has 1 atom stereocenters. The lowest BCUT2D eigenvalue weighted by Crippen LogP contribution is -2.48. The molecule has 0 bridgehead atoms. The van der Waals surface area contributed by atoms with Crippen molar-refractivity contribution < 1.29 is 23.5 Å². The van der Waals surface area contributed by atoms with Crippen molar-refractivity contribution in [2.75, 3.05) is 26.8 Å². The van der Waals surface area contributed by atoms with Crippen LogP contribution in [0.2, 0.25) is 0 Å². The molecule has 6 nitrogen and oxygen atoms in total. The number of amides is 2. The highest BCUT2D eigenvalue weighted by Crippen LogP contribution is 2.36. The average molecular weight is 495 g/mol. The predicted octanol–water partition coefficient (Wildman–Crippen LogP) is 4.71. The SMILES string of the molecule is COc1ccccc1OC[C@H]1c2ccsc2CCN1C(=O)CN(C(=O)c1ccc(F)cc1)C1CC1. The van der Waals surface area contributed by atoms with Crippen LogP contribution < -0.4 is 9.47 Å². The predicted molar refractivity (Wildman–Crippen MR) is 131 cm³/mol. The third kappa shape index (κ3) is 5.03. The quantitative estimate of drug-likeness (QED) is 0.455. The highest BCUT2D eigenvalue weighted by atomic mass is 32.1. The fraction of sp³-hybridized carbons (Fsp3) is 0.333. The average Bonchev–Trinajstić information content (AvgIpc) is 3.61. The van der Waals surface area contributed by atoms with E-state index in [-0.39, 0.29) is 37.0 Å². The number of thiophene rings is 1. The summed E-state index contributed by atoms with van der Waals surface area (Å²) in [6, 6.07) is 14.8. The normalized spacial score (nSPS) is 17.0. The first-order chi connectivity index (χ1) is 17.0. The van der Waals surface area contributed by atoms with Crippen molar-refractivity contribution in [3.05, 3.63) is 81.8 Å². The molecule has 1 aliphatic carbocycles. The number of fused-ring (bicyclic) bond motifs is 1.